The van der Waals surface area contributed by atoms with E-state index in [0.29, 0.717) is 22.6 Å². The lowest BCUT2D eigenvalue weighted by Gasteiger charge is -2.07. The SMILES string of the molecule is O=C(NCCn1cnc(-c2ccc(F)cc2)cc1=O)c1cc(-c2ccccc2)n[nH]1. The molecule has 0 radical (unpaired) electrons. The third kappa shape index (κ3) is 4.33. The number of amides is 1. The highest BCUT2D eigenvalue weighted by atomic mass is 19.1. The molecule has 1 amide bonds. The van der Waals surface area contributed by atoms with Crippen molar-refractivity contribution in [2.75, 3.05) is 6.54 Å². The molecule has 0 saturated carbocycles. The molecule has 4 rings (SSSR count). The summed E-state index contributed by atoms with van der Waals surface area (Å²) >= 11 is 0. The highest BCUT2D eigenvalue weighted by Crippen LogP contribution is 2.17. The molecule has 2 N–H and O–H groups in total. The van der Waals surface area contributed by atoms with Gasteiger partial charge >= 0.3 is 0 Å². The van der Waals surface area contributed by atoms with Gasteiger partial charge in [-0.05, 0) is 30.3 Å². The summed E-state index contributed by atoms with van der Waals surface area (Å²) in [6, 6.07) is 18.4. The van der Waals surface area contributed by atoms with Gasteiger partial charge in [-0.3, -0.25) is 19.3 Å². The average molecular weight is 403 g/mol. The van der Waals surface area contributed by atoms with Crippen LogP contribution in [0.15, 0.2) is 77.9 Å². The molecule has 150 valence electrons. The second-order valence-corrected chi connectivity index (χ2v) is 6.60. The Kier molecular flexibility index (Phi) is 5.47. The zero-order valence-electron chi connectivity index (χ0n) is 15.9. The standard InChI is InChI=1S/C22H18FN5O2/c23-17-8-6-16(7-9-17)18-13-21(29)28(14-25-18)11-10-24-22(30)20-12-19(26-27-20)15-4-2-1-3-5-15/h1-9,12-14H,10-11H2,(H,24,30)(H,26,27). The monoisotopic (exact) mass is 403 g/mol. The van der Waals surface area contributed by atoms with Gasteiger partial charge in [0.1, 0.15) is 11.5 Å². The molecule has 0 atom stereocenters. The average Bonchev–Trinajstić information content (AvgIpc) is 3.26. The summed E-state index contributed by atoms with van der Waals surface area (Å²) in [4.78, 5) is 28.9. The molecule has 30 heavy (non-hydrogen) atoms. The summed E-state index contributed by atoms with van der Waals surface area (Å²) in [5.74, 6) is -0.662. The van der Waals surface area contributed by atoms with Gasteiger partial charge < -0.3 is 5.32 Å². The van der Waals surface area contributed by atoms with E-state index >= 15 is 0 Å². The second-order valence-electron chi connectivity index (χ2n) is 6.60. The summed E-state index contributed by atoms with van der Waals surface area (Å²) in [6.45, 7) is 0.511. The predicted octanol–water partition coefficient (Wildman–Crippen LogP) is 2.87. The van der Waals surface area contributed by atoms with Crippen LogP contribution in [0.5, 0.6) is 0 Å². The third-order valence-corrected chi connectivity index (χ3v) is 4.55. The molecule has 8 heteroatoms. The minimum atomic E-state index is -0.351. The molecule has 0 spiro atoms. The molecule has 0 aliphatic rings. The van der Waals surface area contributed by atoms with Crippen molar-refractivity contribution in [1.29, 1.82) is 0 Å². The zero-order valence-corrected chi connectivity index (χ0v) is 15.9. The minimum absolute atomic E-state index is 0.246. The van der Waals surface area contributed by atoms with E-state index in [2.05, 4.69) is 20.5 Å². The van der Waals surface area contributed by atoms with Crippen molar-refractivity contribution in [3.63, 3.8) is 0 Å². The van der Waals surface area contributed by atoms with Crippen molar-refractivity contribution in [3.8, 4) is 22.5 Å². The summed E-state index contributed by atoms with van der Waals surface area (Å²) < 4.78 is 14.4. The van der Waals surface area contributed by atoms with Gasteiger partial charge in [0.05, 0.1) is 17.7 Å². The summed E-state index contributed by atoms with van der Waals surface area (Å²) in [5.41, 5.74) is 2.79. The molecule has 2 aromatic heterocycles. The molecule has 0 saturated heterocycles. The first kappa shape index (κ1) is 19.3. The predicted molar refractivity (Wildman–Crippen MR) is 110 cm³/mol. The molecule has 0 fully saturated rings. The topological polar surface area (TPSA) is 92.7 Å². The van der Waals surface area contributed by atoms with Gasteiger partial charge in [-0.2, -0.15) is 5.10 Å². The maximum Gasteiger partial charge on any atom is 0.269 e. The lowest BCUT2D eigenvalue weighted by Crippen LogP contribution is -2.31. The number of nitrogens with one attached hydrogen (secondary N) is 2. The molecule has 7 nitrogen and oxygen atoms in total. The van der Waals surface area contributed by atoms with Crippen molar-refractivity contribution < 1.29 is 9.18 Å². The number of halogens is 1. The number of rotatable bonds is 6. The van der Waals surface area contributed by atoms with Crippen LogP contribution in [0.4, 0.5) is 4.39 Å². The molecule has 0 aliphatic heterocycles. The third-order valence-electron chi connectivity index (χ3n) is 4.55. The Labute approximate surface area is 171 Å². The van der Waals surface area contributed by atoms with Gasteiger partial charge in [0.15, 0.2) is 0 Å². The largest absolute Gasteiger partial charge is 0.349 e. The Bertz CT molecular complexity index is 1220. The van der Waals surface area contributed by atoms with Gasteiger partial charge in [0, 0.05) is 30.3 Å². The fourth-order valence-electron chi connectivity index (χ4n) is 2.95. The maximum absolute atomic E-state index is 13.0. The van der Waals surface area contributed by atoms with Crippen molar-refractivity contribution in [3.05, 3.63) is 94.9 Å². The van der Waals surface area contributed by atoms with Gasteiger partial charge in [-0.25, -0.2) is 9.37 Å². The number of hydrogen-bond donors (Lipinski definition) is 2. The van der Waals surface area contributed by atoms with E-state index in [1.807, 2.05) is 30.3 Å². The Hall–Kier alpha value is -4.07. The van der Waals surface area contributed by atoms with Crippen molar-refractivity contribution in [2.24, 2.45) is 0 Å². The van der Waals surface area contributed by atoms with Gasteiger partial charge in [0.25, 0.3) is 11.5 Å². The van der Waals surface area contributed by atoms with E-state index < -0.39 is 0 Å². The lowest BCUT2D eigenvalue weighted by molar-refractivity contribution is 0.0947. The van der Waals surface area contributed by atoms with Crippen LogP contribution in [-0.2, 0) is 6.54 Å². The van der Waals surface area contributed by atoms with Crippen LogP contribution < -0.4 is 10.9 Å². The number of benzene rings is 2. The van der Waals surface area contributed by atoms with Crippen LogP contribution in [-0.4, -0.2) is 32.2 Å². The highest BCUT2D eigenvalue weighted by Gasteiger charge is 2.11. The van der Waals surface area contributed by atoms with E-state index in [9.17, 15) is 14.0 Å². The van der Waals surface area contributed by atoms with Crippen LogP contribution in [0.1, 0.15) is 10.5 Å². The molecule has 4 aromatic rings. The molecule has 0 unspecified atom stereocenters. The Balaban J connectivity index is 1.36. The quantitative estimate of drug-likeness (QED) is 0.518. The second kappa shape index (κ2) is 8.52. The van der Waals surface area contributed by atoms with Crippen molar-refractivity contribution in [2.45, 2.75) is 6.54 Å². The molecule has 0 aliphatic carbocycles. The summed E-state index contributed by atoms with van der Waals surface area (Å²) in [5, 5.41) is 9.63. The normalized spacial score (nSPS) is 10.7. The number of hydrogen-bond acceptors (Lipinski definition) is 4. The Morgan fingerprint density at radius 3 is 2.47 bits per heavy atom. The Morgan fingerprint density at radius 1 is 1.00 bits per heavy atom. The first-order chi connectivity index (χ1) is 14.6. The van der Waals surface area contributed by atoms with Crippen molar-refractivity contribution in [1.82, 2.24) is 25.1 Å². The fraction of sp³-hybridized carbons (Fsp3) is 0.0909. The molecule has 2 aromatic carbocycles. The van der Waals surface area contributed by atoms with Crippen LogP contribution in [0.2, 0.25) is 0 Å². The van der Waals surface area contributed by atoms with E-state index in [-0.39, 0.29) is 30.4 Å². The fourth-order valence-corrected chi connectivity index (χ4v) is 2.95. The van der Waals surface area contributed by atoms with Gasteiger partial charge in [-0.15, -0.1) is 0 Å². The van der Waals surface area contributed by atoms with Crippen LogP contribution in [0, 0.1) is 5.82 Å². The van der Waals surface area contributed by atoms with E-state index in [0.717, 1.165) is 5.56 Å². The van der Waals surface area contributed by atoms with E-state index in [1.165, 1.54) is 29.1 Å². The number of carbonyl (C=O) groups is 1. The van der Waals surface area contributed by atoms with Gasteiger partial charge in [-0.1, -0.05) is 30.3 Å². The maximum atomic E-state index is 13.0. The minimum Gasteiger partial charge on any atom is -0.349 e. The first-order valence-electron chi connectivity index (χ1n) is 9.31. The van der Waals surface area contributed by atoms with E-state index in [1.54, 1.807) is 18.2 Å². The Morgan fingerprint density at radius 2 is 1.73 bits per heavy atom. The lowest BCUT2D eigenvalue weighted by atomic mass is 10.1. The molecular weight excluding hydrogens is 385 g/mol. The number of aromatic amines is 1. The zero-order chi connectivity index (χ0) is 20.9. The molecule has 2 heterocycles. The smallest absolute Gasteiger partial charge is 0.269 e. The molecular formula is C22H18FN5O2. The first-order valence-corrected chi connectivity index (χ1v) is 9.31. The van der Waals surface area contributed by atoms with Crippen molar-refractivity contribution >= 4 is 5.91 Å². The van der Waals surface area contributed by atoms with Gasteiger partial charge in [0.2, 0.25) is 0 Å². The number of carbonyl (C=O) groups excluding carboxylic acids is 1. The molecule has 0 bridgehead atoms. The number of H-pyrrole nitrogens is 1. The number of nitrogens with zero attached hydrogens (tertiary/aromatic N) is 3. The van der Waals surface area contributed by atoms with Crippen LogP contribution >= 0.6 is 0 Å². The van der Waals surface area contributed by atoms with Crippen LogP contribution in [0.3, 0.4) is 0 Å². The number of aromatic nitrogens is 4. The van der Waals surface area contributed by atoms with Crippen LogP contribution in [0.25, 0.3) is 22.5 Å². The highest BCUT2D eigenvalue weighted by molar-refractivity contribution is 5.93. The van der Waals surface area contributed by atoms with E-state index in [4.69, 9.17) is 0 Å². The summed E-state index contributed by atoms with van der Waals surface area (Å²) in [6.07, 6.45) is 1.41. The summed E-state index contributed by atoms with van der Waals surface area (Å²) in [7, 11) is 0.